The SMILES string of the molecule is CN(C)CC1Cc2ccc(C(F)(F)F)cc2CN1. The van der Waals surface area contributed by atoms with Crippen molar-refractivity contribution in [2.75, 3.05) is 20.6 Å². The molecule has 18 heavy (non-hydrogen) atoms. The largest absolute Gasteiger partial charge is 0.416 e. The molecule has 0 aromatic heterocycles. The number of benzene rings is 1. The second-order valence-corrected chi connectivity index (χ2v) is 5.03. The molecular weight excluding hydrogens is 241 g/mol. The molecule has 1 aliphatic rings. The zero-order valence-electron chi connectivity index (χ0n) is 10.5. The van der Waals surface area contributed by atoms with Crippen LogP contribution < -0.4 is 5.32 Å². The Balaban J connectivity index is 2.16. The highest BCUT2D eigenvalue weighted by molar-refractivity contribution is 5.35. The molecule has 0 saturated carbocycles. The van der Waals surface area contributed by atoms with Crippen molar-refractivity contribution in [2.45, 2.75) is 25.2 Å². The molecule has 2 nitrogen and oxygen atoms in total. The van der Waals surface area contributed by atoms with Gasteiger partial charge in [0.1, 0.15) is 0 Å². The van der Waals surface area contributed by atoms with Gasteiger partial charge in [0.2, 0.25) is 0 Å². The van der Waals surface area contributed by atoms with Gasteiger partial charge >= 0.3 is 6.18 Å². The van der Waals surface area contributed by atoms with E-state index < -0.39 is 11.7 Å². The van der Waals surface area contributed by atoms with E-state index in [9.17, 15) is 13.2 Å². The first-order valence-electron chi connectivity index (χ1n) is 5.93. The van der Waals surface area contributed by atoms with Crippen LogP contribution in [0.1, 0.15) is 16.7 Å². The lowest BCUT2D eigenvalue weighted by molar-refractivity contribution is -0.137. The topological polar surface area (TPSA) is 15.3 Å². The fourth-order valence-electron chi connectivity index (χ4n) is 2.33. The Morgan fingerprint density at radius 1 is 1.28 bits per heavy atom. The molecule has 1 heterocycles. The zero-order valence-corrected chi connectivity index (χ0v) is 10.5. The van der Waals surface area contributed by atoms with Crippen LogP contribution in [0.5, 0.6) is 0 Å². The van der Waals surface area contributed by atoms with Gasteiger partial charge in [0.25, 0.3) is 0 Å². The molecule has 1 aromatic carbocycles. The standard InChI is InChI=1S/C13H17F3N2/c1-18(2)8-12-6-9-3-4-11(13(14,15)16)5-10(9)7-17-12/h3-5,12,17H,6-8H2,1-2H3. The summed E-state index contributed by atoms with van der Waals surface area (Å²) in [6.07, 6.45) is -3.47. The molecular formula is C13H17F3N2. The summed E-state index contributed by atoms with van der Waals surface area (Å²) in [5.41, 5.74) is 1.22. The third kappa shape index (κ3) is 3.03. The van der Waals surface area contributed by atoms with Crippen LogP contribution in [0, 0.1) is 0 Å². The molecule has 1 unspecified atom stereocenters. The highest BCUT2D eigenvalue weighted by atomic mass is 19.4. The van der Waals surface area contributed by atoms with Crippen LogP contribution in [0.4, 0.5) is 13.2 Å². The van der Waals surface area contributed by atoms with E-state index in [2.05, 4.69) is 10.2 Å². The number of hydrogen-bond acceptors (Lipinski definition) is 2. The lowest BCUT2D eigenvalue weighted by Gasteiger charge is -2.28. The van der Waals surface area contributed by atoms with E-state index >= 15 is 0 Å². The van der Waals surface area contributed by atoms with Gasteiger partial charge < -0.3 is 10.2 Å². The van der Waals surface area contributed by atoms with Gasteiger partial charge in [-0.25, -0.2) is 0 Å². The molecule has 0 radical (unpaired) electrons. The summed E-state index contributed by atoms with van der Waals surface area (Å²) >= 11 is 0. The van der Waals surface area contributed by atoms with Gasteiger partial charge in [0, 0.05) is 19.1 Å². The van der Waals surface area contributed by atoms with Gasteiger partial charge in [-0.2, -0.15) is 13.2 Å². The fraction of sp³-hybridized carbons (Fsp3) is 0.538. The van der Waals surface area contributed by atoms with E-state index in [1.165, 1.54) is 12.1 Å². The van der Waals surface area contributed by atoms with Crippen molar-refractivity contribution in [3.63, 3.8) is 0 Å². The minimum absolute atomic E-state index is 0.309. The van der Waals surface area contributed by atoms with Crippen molar-refractivity contribution in [1.29, 1.82) is 0 Å². The van der Waals surface area contributed by atoms with Gasteiger partial charge in [-0.1, -0.05) is 6.07 Å². The second kappa shape index (κ2) is 4.90. The van der Waals surface area contributed by atoms with Crippen LogP contribution in [0.25, 0.3) is 0 Å². The maximum Gasteiger partial charge on any atom is 0.416 e. The average Bonchev–Trinajstić information content (AvgIpc) is 2.26. The van der Waals surface area contributed by atoms with Crippen LogP contribution in [-0.2, 0) is 19.1 Å². The molecule has 0 aliphatic carbocycles. The molecule has 0 bridgehead atoms. The van der Waals surface area contributed by atoms with Crippen molar-refractivity contribution in [3.05, 3.63) is 34.9 Å². The Kier molecular flexibility index (Phi) is 3.64. The summed E-state index contributed by atoms with van der Waals surface area (Å²) in [6.45, 7) is 1.40. The molecule has 5 heteroatoms. The first-order valence-corrected chi connectivity index (χ1v) is 5.93. The molecule has 1 atom stereocenters. The Morgan fingerprint density at radius 2 is 2.00 bits per heavy atom. The summed E-state index contributed by atoms with van der Waals surface area (Å²) < 4.78 is 37.7. The highest BCUT2D eigenvalue weighted by Gasteiger charge is 2.31. The third-order valence-corrected chi connectivity index (χ3v) is 3.17. The van der Waals surface area contributed by atoms with Crippen LogP contribution in [0.2, 0.25) is 0 Å². The maximum atomic E-state index is 12.6. The van der Waals surface area contributed by atoms with Crippen molar-refractivity contribution >= 4 is 0 Å². The molecule has 0 saturated heterocycles. The molecule has 1 aromatic rings. The average molecular weight is 258 g/mol. The summed E-state index contributed by atoms with van der Waals surface area (Å²) in [5, 5.41) is 3.28. The lowest BCUT2D eigenvalue weighted by atomic mass is 9.94. The van der Waals surface area contributed by atoms with Crippen molar-refractivity contribution in [1.82, 2.24) is 10.2 Å². The number of halogens is 3. The van der Waals surface area contributed by atoms with E-state index in [0.29, 0.717) is 12.6 Å². The third-order valence-electron chi connectivity index (χ3n) is 3.17. The predicted octanol–water partition coefficient (Wildman–Crippen LogP) is 2.28. The Morgan fingerprint density at radius 3 is 2.61 bits per heavy atom. The van der Waals surface area contributed by atoms with Gasteiger partial charge in [-0.05, 0) is 43.8 Å². The second-order valence-electron chi connectivity index (χ2n) is 5.03. The van der Waals surface area contributed by atoms with Crippen LogP contribution in [0.15, 0.2) is 18.2 Å². The maximum absolute atomic E-state index is 12.6. The van der Waals surface area contributed by atoms with E-state index in [4.69, 9.17) is 0 Å². The Bertz CT molecular complexity index is 427. The summed E-state index contributed by atoms with van der Waals surface area (Å²) in [7, 11) is 3.98. The van der Waals surface area contributed by atoms with Crippen molar-refractivity contribution in [3.8, 4) is 0 Å². The number of likely N-dealkylation sites (N-methyl/N-ethyl adjacent to an activating group) is 1. The minimum Gasteiger partial charge on any atom is -0.308 e. The first kappa shape index (κ1) is 13.4. The molecule has 0 fully saturated rings. The first-order chi connectivity index (χ1) is 8.36. The number of alkyl halides is 3. The Labute approximate surface area is 105 Å². The summed E-state index contributed by atoms with van der Waals surface area (Å²) in [5.74, 6) is 0. The molecule has 1 N–H and O–H groups in total. The quantitative estimate of drug-likeness (QED) is 0.875. The Hall–Kier alpha value is -1.07. The van der Waals surface area contributed by atoms with E-state index in [0.717, 1.165) is 24.1 Å². The zero-order chi connectivity index (χ0) is 13.3. The van der Waals surface area contributed by atoms with Crippen LogP contribution in [0.3, 0.4) is 0 Å². The number of nitrogens with zero attached hydrogens (tertiary/aromatic N) is 1. The van der Waals surface area contributed by atoms with Gasteiger partial charge in [-0.15, -0.1) is 0 Å². The number of rotatable bonds is 2. The van der Waals surface area contributed by atoms with Gasteiger partial charge in [-0.3, -0.25) is 0 Å². The number of fused-ring (bicyclic) bond motifs is 1. The monoisotopic (exact) mass is 258 g/mol. The number of nitrogens with one attached hydrogen (secondary N) is 1. The van der Waals surface area contributed by atoms with E-state index in [1.54, 1.807) is 6.07 Å². The van der Waals surface area contributed by atoms with E-state index in [1.807, 2.05) is 14.1 Å². The summed E-state index contributed by atoms with van der Waals surface area (Å²) in [6, 6.07) is 4.36. The van der Waals surface area contributed by atoms with Crippen LogP contribution >= 0.6 is 0 Å². The lowest BCUT2D eigenvalue weighted by Crippen LogP contribution is -2.42. The van der Waals surface area contributed by atoms with Crippen LogP contribution in [-0.4, -0.2) is 31.6 Å². The molecule has 0 spiro atoms. The van der Waals surface area contributed by atoms with Gasteiger partial charge in [0.15, 0.2) is 0 Å². The minimum atomic E-state index is -4.25. The molecule has 0 amide bonds. The van der Waals surface area contributed by atoms with Crippen molar-refractivity contribution in [2.24, 2.45) is 0 Å². The van der Waals surface area contributed by atoms with Crippen molar-refractivity contribution < 1.29 is 13.2 Å². The molecule has 100 valence electrons. The molecule has 1 aliphatic heterocycles. The smallest absolute Gasteiger partial charge is 0.308 e. The predicted molar refractivity (Wildman–Crippen MR) is 64.3 cm³/mol. The fourth-order valence-corrected chi connectivity index (χ4v) is 2.33. The van der Waals surface area contributed by atoms with Gasteiger partial charge in [0.05, 0.1) is 5.56 Å². The normalized spacial score (nSPS) is 20.0. The number of hydrogen-bond donors (Lipinski definition) is 1. The van der Waals surface area contributed by atoms with E-state index in [-0.39, 0.29) is 0 Å². The highest BCUT2D eigenvalue weighted by Crippen LogP contribution is 2.31. The molecule has 2 rings (SSSR count). The summed E-state index contributed by atoms with van der Waals surface area (Å²) in [4.78, 5) is 2.08.